The first kappa shape index (κ1) is 22.3. The predicted molar refractivity (Wildman–Crippen MR) is 126 cm³/mol. The molecule has 0 spiro atoms. The maximum Gasteiger partial charge on any atom is 0.318 e. The molecule has 0 N–H and O–H groups in total. The van der Waals surface area contributed by atoms with Gasteiger partial charge in [0.25, 0.3) is 0 Å². The summed E-state index contributed by atoms with van der Waals surface area (Å²) in [5, 5.41) is 0. The van der Waals surface area contributed by atoms with Crippen molar-refractivity contribution in [3.63, 3.8) is 0 Å². The lowest BCUT2D eigenvalue weighted by molar-refractivity contribution is -0.152. The summed E-state index contributed by atoms with van der Waals surface area (Å²) in [6.45, 7) is 2.86. The highest BCUT2D eigenvalue weighted by atomic mass is 79.9. The van der Waals surface area contributed by atoms with Crippen molar-refractivity contribution < 1.29 is 9.53 Å². The van der Waals surface area contributed by atoms with Gasteiger partial charge in [-0.1, -0.05) is 91.0 Å². The Labute approximate surface area is 189 Å². The average molecular weight is 466 g/mol. The zero-order valence-electron chi connectivity index (χ0n) is 17.0. The molecule has 30 heavy (non-hydrogen) atoms. The third-order valence-corrected chi connectivity index (χ3v) is 5.57. The van der Waals surface area contributed by atoms with E-state index in [1.165, 1.54) is 5.56 Å². The summed E-state index contributed by atoms with van der Waals surface area (Å²) in [6.07, 6.45) is 1.76. The van der Waals surface area contributed by atoms with Crippen LogP contribution in [0.1, 0.15) is 35.4 Å². The molecule has 1 saturated heterocycles. The Morgan fingerprint density at radius 2 is 1.27 bits per heavy atom. The second-order valence-electron chi connectivity index (χ2n) is 7.65. The first-order chi connectivity index (χ1) is 14.3. The highest BCUT2D eigenvalue weighted by Crippen LogP contribution is 2.28. The lowest BCUT2D eigenvalue weighted by atomic mass is 9.91. The van der Waals surface area contributed by atoms with Gasteiger partial charge >= 0.3 is 5.97 Å². The van der Waals surface area contributed by atoms with Crippen LogP contribution in [0.4, 0.5) is 0 Å². The van der Waals surface area contributed by atoms with Crippen LogP contribution < -0.4 is 0 Å². The van der Waals surface area contributed by atoms with Crippen molar-refractivity contribution >= 4 is 23.0 Å². The number of rotatable bonds is 6. The van der Waals surface area contributed by atoms with E-state index in [-0.39, 0.29) is 35.0 Å². The van der Waals surface area contributed by atoms with E-state index in [0.717, 1.165) is 43.6 Å². The second kappa shape index (κ2) is 11.1. The molecule has 0 radical (unpaired) electrons. The van der Waals surface area contributed by atoms with E-state index in [0.29, 0.717) is 0 Å². The van der Waals surface area contributed by atoms with Crippen molar-refractivity contribution in [1.82, 2.24) is 4.90 Å². The molecule has 0 amide bonds. The van der Waals surface area contributed by atoms with Crippen LogP contribution in [0.5, 0.6) is 0 Å². The van der Waals surface area contributed by atoms with Crippen molar-refractivity contribution in [3.8, 4) is 0 Å². The molecule has 156 valence electrons. The largest absolute Gasteiger partial charge is 0.462 e. The molecule has 0 bridgehead atoms. The van der Waals surface area contributed by atoms with E-state index in [2.05, 4.69) is 29.2 Å². The highest BCUT2D eigenvalue weighted by molar-refractivity contribution is 8.93. The maximum atomic E-state index is 13.1. The molecule has 3 aromatic carbocycles. The summed E-state index contributed by atoms with van der Waals surface area (Å²) in [5.41, 5.74) is 3.28. The third kappa shape index (κ3) is 5.80. The SMILES string of the molecule is Br.O=C(OC1CCN(Cc2ccccc2)CC1)C(c1ccccc1)c1ccccc1. The fourth-order valence-electron chi connectivity index (χ4n) is 4.01. The van der Waals surface area contributed by atoms with Crippen molar-refractivity contribution in [2.75, 3.05) is 13.1 Å². The fourth-order valence-corrected chi connectivity index (χ4v) is 4.01. The molecule has 1 heterocycles. The van der Waals surface area contributed by atoms with Gasteiger partial charge in [0, 0.05) is 19.6 Å². The molecule has 0 aromatic heterocycles. The predicted octanol–water partition coefficient (Wildman–Crippen LogP) is 5.60. The van der Waals surface area contributed by atoms with E-state index >= 15 is 0 Å². The number of carbonyl (C=O) groups excluding carboxylic acids is 1. The monoisotopic (exact) mass is 465 g/mol. The summed E-state index contributed by atoms with van der Waals surface area (Å²) >= 11 is 0. The Hall–Kier alpha value is -2.43. The summed E-state index contributed by atoms with van der Waals surface area (Å²) < 4.78 is 6.00. The molecular weight excluding hydrogens is 438 g/mol. The van der Waals surface area contributed by atoms with Crippen molar-refractivity contribution in [3.05, 3.63) is 108 Å². The summed E-state index contributed by atoms with van der Waals surface area (Å²) in [7, 11) is 0. The topological polar surface area (TPSA) is 29.5 Å². The Kier molecular flexibility index (Phi) is 8.23. The summed E-state index contributed by atoms with van der Waals surface area (Å²) in [5.74, 6) is -0.524. The molecule has 1 aliphatic rings. The second-order valence-corrected chi connectivity index (χ2v) is 7.65. The standard InChI is InChI=1S/C26H27NO2.BrH/c28-26(25(22-12-6-2-7-13-22)23-14-8-3-9-15-23)29-24-16-18-27(19-17-24)20-21-10-4-1-5-11-21;/h1-15,24-25H,16-20H2;1H. The Morgan fingerprint density at radius 3 is 1.77 bits per heavy atom. The van der Waals surface area contributed by atoms with E-state index in [4.69, 9.17) is 4.74 Å². The van der Waals surface area contributed by atoms with Crippen LogP contribution in [0.25, 0.3) is 0 Å². The minimum atomic E-state index is -0.375. The van der Waals surface area contributed by atoms with Crippen LogP contribution in [0.15, 0.2) is 91.0 Å². The molecule has 4 heteroatoms. The molecule has 1 aliphatic heterocycles. The smallest absolute Gasteiger partial charge is 0.318 e. The molecule has 3 nitrogen and oxygen atoms in total. The normalized spacial score (nSPS) is 14.8. The van der Waals surface area contributed by atoms with E-state index < -0.39 is 0 Å². The highest BCUT2D eigenvalue weighted by Gasteiger charge is 2.28. The van der Waals surface area contributed by atoms with Crippen LogP contribution >= 0.6 is 17.0 Å². The quantitative estimate of drug-likeness (QED) is 0.443. The number of hydrogen-bond acceptors (Lipinski definition) is 3. The van der Waals surface area contributed by atoms with E-state index in [1.54, 1.807) is 0 Å². The van der Waals surface area contributed by atoms with Gasteiger partial charge in [0.15, 0.2) is 0 Å². The minimum absolute atomic E-state index is 0. The maximum absolute atomic E-state index is 13.1. The molecule has 1 fully saturated rings. The third-order valence-electron chi connectivity index (χ3n) is 5.57. The Morgan fingerprint density at radius 1 is 0.800 bits per heavy atom. The number of halogens is 1. The van der Waals surface area contributed by atoms with Gasteiger partial charge in [0.1, 0.15) is 12.0 Å². The summed E-state index contributed by atoms with van der Waals surface area (Å²) in [4.78, 5) is 15.6. The van der Waals surface area contributed by atoms with Gasteiger partial charge in [-0.05, 0) is 29.5 Å². The number of piperidine rings is 1. The number of nitrogens with zero attached hydrogens (tertiary/aromatic N) is 1. The van der Waals surface area contributed by atoms with Crippen LogP contribution in [0.3, 0.4) is 0 Å². The van der Waals surface area contributed by atoms with Crippen LogP contribution in [-0.4, -0.2) is 30.1 Å². The van der Waals surface area contributed by atoms with Gasteiger partial charge < -0.3 is 4.74 Å². The first-order valence-electron chi connectivity index (χ1n) is 10.4. The van der Waals surface area contributed by atoms with Crippen molar-refractivity contribution in [2.24, 2.45) is 0 Å². The number of carbonyl (C=O) groups is 1. The zero-order chi connectivity index (χ0) is 19.9. The van der Waals surface area contributed by atoms with Crippen LogP contribution in [0.2, 0.25) is 0 Å². The van der Waals surface area contributed by atoms with Crippen molar-refractivity contribution in [1.29, 1.82) is 0 Å². The van der Waals surface area contributed by atoms with Gasteiger partial charge in [0.2, 0.25) is 0 Å². The molecular formula is C26H28BrNO2. The number of likely N-dealkylation sites (tertiary alicyclic amines) is 1. The lowest BCUT2D eigenvalue weighted by Gasteiger charge is -2.32. The molecule has 0 unspecified atom stereocenters. The number of hydrogen-bond donors (Lipinski definition) is 0. The molecule has 0 aliphatic carbocycles. The lowest BCUT2D eigenvalue weighted by Crippen LogP contribution is -2.38. The van der Waals surface area contributed by atoms with Crippen LogP contribution in [0, 0.1) is 0 Å². The summed E-state index contributed by atoms with van der Waals surface area (Å²) in [6, 6.07) is 30.4. The number of ether oxygens (including phenoxy) is 1. The van der Waals surface area contributed by atoms with E-state index in [9.17, 15) is 4.79 Å². The number of benzene rings is 3. The van der Waals surface area contributed by atoms with Gasteiger partial charge in [-0.3, -0.25) is 9.69 Å². The zero-order valence-corrected chi connectivity index (χ0v) is 18.7. The number of esters is 1. The van der Waals surface area contributed by atoms with Gasteiger partial charge in [-0.25, -0.2) is 0 Å². The van der Waals surface area contributed by atoms with Gasteiger partial charge in [-0.15, -0.1) is 17.0 Å². The fraction of sp³-hybridized carbons (Fsp3) is 0.269. The molecule has 3 aromatic rings. The van der Waals surface area contributed by atoms with Gasteiger partial charge in [-0.2, -0.15) is 0 Å². The minimum Gasteiger partial charge on any atom is -0.462 e. The Bertz CT molecular complexity index is 855. The average Bonchev–Trinajstić information content (AvgIpc) is 2.78. The van der Waals surface area contributed by atoms with Crippen LogP contribution in [-0.2, 0) is 16.1 Å². The Balaban J connectivity index is 0.00000256. The first-order valence-corrected chi connectivity index (χ1v) is 10.4. The van der Waals surface area contributed by atoms with Crippen molar-refractivity contribution in [2.45, 2.75) is 31.4 Å². The van der Waals surface area contributed by atoms with E-state index in [1.807, 2.05) is 66.7 Å². The molecule has 0 atom stereocenters. The van der Waals surface area contributed by atoms with Gasteiger partial charge in [0.05, 0.1) is 0 Å². The molecule has 4 rings (SSSR count). The molecule has 0 saturated carbocycles.